The van der Waals surface area contributed by atoms with Crippen molar-refractivity contribution < 1.29 is 18.9 Å². The topological polar surface area (TPSA) is 116 Å². The lowest BCUT2D eigenvalue weighted by Crippen LogP contribution is -2.37. The fraction of sp³-hybridized carbons (Fsp3) is 0.458. The Kier molecular flexibility index (Phi) is 8.95. The van der Waals surface area contributed by atoms with E-state index in [4.69, 9.17) is 22.1 Å². The van der Waals surface area contributed by atoms with Gasteiger partial charge in [0.2, 0.25) is 0 Å². The molecule has 3 N–H and O–H groups in total. The zero-order chi connectivity index (χ0) is 24.7. The highest BCUT2D eigenvalue weighted by Crippen LogP contribution is 2.23. The summed E-state index contributed by atoms with van der Waals surface area (Å²) in [4.78, 5) is 32.8. The number of halogens is 1. The molecule has 3 aromatic rings. The molecule has 34 heavy (non-hydrogen) atoms. The Hall–Kier alpha value is -3.04. The van der Waals surface area contributed by atoms with E-state index in [1.807, 2.05) is 25.2 Å². The molecule has 0 bridgehead atoms. The van der Waals surface area contributed by atoms with Crippen molar-refractivity contribution in [2.45, 2.75) is 52.6 Å². The number of carbonyl (C=O) groups is 2. The largest absolute Gasteiger partial charge is 0.486 e. The second-order valence-corrected chi connectivity index (χ2v) is 8.33. The van der Waals surface area contributed by atoms with Gasteiger partial charge in [-0.3, -0.25) is 9.59 Å². The molecule has 0 aliphatic carbocycles. The van der Waals surface area contributed by atoms with Gasteiger partial charge in [0.1, 0.15) is 23.2 Å². The number of aromatic nitrogens is 4. The number of benzene rings is 1. The number of hydrogen-bond donors (Lipinski definition) is 2. The first-order valence-electron chi connectivity index (χ1n) is 11.5. The Morgan fingerprint density at radius 1 is 1.26 bits per heavy atom. The quantitative estimate of drug-likeness (QED) is 0.216. The lowest BCUT2D eigenvalue weighted by atomic mass is 10.1. The average Bonchev–Trinajstić information content (AvgIpc) is 3.14. The summed E-state index contributed by atoms with van der Waals surface area (Å²) < 4.78 is 10.1. The molecule has 2 heterocycles. The maximum Gasteiger partial charge on any atom is 0.257 e. The van der Waals surface area contributed by atoms with Gasteiger partial charge in [0, 0.05) is 18.9 Å². The lowest BCUT2D eigenvalue weighted by Gasteiger charge is -2.05. The van der Waals surface area contributed by atoms with Crippen molar-refractivity contribution in [3.63, 3.8) is 0 Å². The molecule has 0 atom stereocenters. The molecule has 1 aromatic carbocycles. The van der Waals surface area contributed by atoms with Crippen LogP contribution in [-0.4, -0.2) is 46.3 Å². The number of nitrogens with zero attached hydrogens (tertiary/aromatic N) is 4. The van der Waals surface area contributed by atoms with Crippen LogP contribution in [0.4, 0.5) is 5.82 Å². The molecule has 9 nitrogen and oxygen atoms in total. The predicted molar refractivity (Wildman–Crippen MR) is 131 cm³/mol. The number of ether oxygens (including phenoxy) is 1. The number of nitrogens with two attached hydrogens (primary N) is 1. The van der Waals surface area contributed by atoms with Crippen LogP contribution in [0.1, 0.15) is 49.4 Å². The molecule has 0 saturated heterocycles. The van der Waals surface area contributed by atoms with E-state index in [1.54, 1.807) is 0 Å². The molecule has 0 spiro atoms. The fourth-order valence-electron chi connectivity index (χ4n) is 4.06. The standard InChI is InChI=1S/C24H31ClN6O3/c1-4-30-18-9-8-17(34-15-16(32)7-6-12-27-3)13-19(18)31(5-2)22(30)11-10-20(33)23-24(26)28-14-21(25)29-23/h8-9,13-14,27H,4-7,10-12,15H2,1-3H3,(H-,26,28,33)/p+1. The van der Waals surface area contributed by atoms with Gasteiger partial charge in [0.05, 0.1) is 25.7 Å². The van der Waals surface area contributed by atoms with Gasteiger partial charge >= 0.3 is 0 Å². The van der Waals surface area contributed by atoms with Crippen molar-refractivity contribution in [1.29, 1.82) is 0 Å². The summed E-state index contributed by atoms with van der Waals surface area (Å²) >= 11 is 5.89. The molecule has 3 rings (SSSR count). The van der Waals surface area contributed by atoms with Crippen molar-refractivity contribution in [3.8, 4) is 5.75 Å². The number of imidazole rings is 1. The lowest BCUT2D eigenvalue weighted by molar-refractivity contribution is -0.676. The molecular weight excluding hydrogens is 456 g/mol. The van der Waals surface area contributed by atoms with Gasteiger partial charge < -0.3 is 15.8 Å². The van der Waals surface area contributed by atoms with Crippen molar-refractivity contribution in [2.24, 2.45) is 0 Å². The summed E-state index contributed by atoms with van der Waals surface area (Å²) in [5, 5.41) is 3.17. The maximum atomic E-state index is 12.8. The molecule has 0 aliphatic heterocycles. The van der Waals surface area contributed by atoms with Crippen molar-refractivity contribution >= 4 is 40.0 Å². The van der Waals surface area contributed by atoms with E-state index in [-0.39, 0.29) is 41.3 Å². The minimum absolute atomic E-state index is 0.0548. The Balaban J connectivity index is 1.80. The number of nitrogen functional groups attached to an aromatic ring is 1. The third kappa shape index (κ3) is 5.90. The first-order valence-corrected chi connectivity index (χ1v) is 11.9. The van der Waals surface area contributed by atoms with E-state index < -0.39 is 0 Å². The minimum atomic E-state index is -0.205. The van der Waals surface area contributed by atoms with Crippen molar-refractivity contribution in [3.05, 3.63) is 41.1 Å². The molecule has 10 heteroatoms. The average molecular weight is 488 g/mol. The number of carbonyl (C=O) groups excluding carboxylic acids is 2. The number of hydrogen-bond acceptors (Lipinski definition) is 7. The molecule has 0 unspecified atom stereocenters. The Labute approximate surface area is 204 Å². The monoisotopic (exact) mass is 487 g/mol. The summed E-state index contributed by atoms with van der Waals surface area (Å²) in [6.07, 6.45) is 3.33. The number of Topliss-reactive ketones (excluding diaryl/α,β-unsaturated/α-hetero) is 2. The van der Waals surface area contributed by atoms with E-state index in [2.05, 4.69) is 38.3 Å². The first-order chi connectivity index (χ1) is 16.4. The Morgan fingerprint density at radius 2 is 2.06 bits per heavy atom. The van der Waals surface area contributed by atoms with E-state index in [9.17, 15) is 9.59 Å². The zero-order valence-electron chi connectivity index (χ0n) is 19.9. The fourth-order valence-corrected chi connectivity index (χ4v) is 4.19. The molecule has 0 fully saturated rings. The van der Waals surface area contributed by atoms with E-state index in [0.29, 0.717) is 18.6 Å². The third-order valence-corrected chi connectivity index (χ3v) is 5.86. The van der Waals surface area contributed by atoms with Crippen LogP contribution in [0.25, 0.3) is 11.0 Å². The minimum Gasteiger partial charge on any atom is -0.486 e. The van der Waals surface area contributed by atoms with E-state index in [0.717, 1.165) is 42.9 Å². The summed E-state index contributed by atoms with van der Waals surface area (Å²) in [5.74, 6) is 1.61. The summed E-state index contributed by atoms with van der Waals surface area (Å²) in [6.45, 7) is 6.46. The van der Waals surface area contributed by atoms with Gasteiger partial charge in [-0.2, -0.15) is 0 Å². The molecule has 182 valence electrons. The summed E-state index contributed by atoms with van der Waals surface area (Å²) in [5.41, 5.74) is 7.97. The predicted octanol–water partition coefficient (Wildman–Crippen LogP) is 2.76. The van der Waals surface area contributed by atoms with E-state index in [1.165, 1.54) is 6.20 Å². The van der Waals surface area contributed by atoms with Crippen LogP contribution >= 0.6 is 11.6 Å². The van der Waals surface area contributed by atoms with Crippen LogP contribution in [0.3, 0.4) is 0 Å². The second kappa shape index (κ2) is 11.9. The molecule has 0 amide bonds. The highest BCUT2D eigenvalue weighted by molar-refractivity contribution is 6.29. The van der Waals surface area contributed by atoms with Crippen LogP contribution < -0.4 is 20.4 Å². The molecule has 0 saturated carbocycles. The van der Waals surface area contributed by atoms with Crippen LogP contribution in [0, 0.1) is 0 Å². The number of ketones is 2. The molecule has 0 radical (unpaired) electrons. The molecule has 2 aromatic heterocycles. The molecule has 0 aliphatic rings. The van der Waals surface area contributed by atoms with Gasteiger partial charge in [-0.05, 0) is 46.0 Å². The van der Waals surface area contributed by atoms with Crippen molar-refractivity contribution in [2.75, 3.05) is 25.9 Å². The number of aryl methyl sites for hydroxylation is 2. The number of fused-ring (bicyclic) bond motifs is 1. The summed E-state index contributed by atoms with van der Waals surface area (Å²) in [7, 11) is 1.87. The first kappa shape index (κ1) is 25.6. The number of anilines is 1. The van der Waals surface area contributed by atoms with Gasteiger partial charge in [-0.25, -0.2) is 19.1 Å². The van der Waals surface area contributed by atoms with Crippen molar-refractivity contribution in [1.82, 2.24) is 19.9 Å². The van der Waals surface area contributed by atoms with Gasteiger partial charge in [0.15, 0.2) is 28.4 Å². The second-order valence-electron chi connectivity index (χ2n) is 7.94. The Morgan fingerprint density at radius 3 is 2.76 bits per heavy atom. The van der Waals surface area contributed by atoms with Gasteiger partial charge in [-0.15, -0.1) is 0 Å². The highest BCUT2D eigenvalue weighted by Gasteiger charge is 2.25. The van der Waals surface area contributed by atoms with Crippen LogP contribution in [0.15, 0.2) is 24.4 Å². The third-order valence-electron chi connectivity index (χ3n) is 5.68. The maximum absolute atomic E-state index is 12.8. The Bertz CT molecular complexity index is 1180. The number of rotatable bonds is 13. The SMILES string of the molecule is CCn1c(CCC(=O)c2nc(Cl)cnc2N)[n+](CC)c2ccc(OCC(=O)CCCNC)cc21. The van der Waals surface area contributed by atoms with Crippen LogP contribution in [-0.2, 0) is 24.3 Å². The van der Waals surface area contributed by atoms with Crippen LogP contribution in [0.2, 0.25) is 5.15 Å². The van der Waals surface area contributed by atoms with E-state index >= 15 is 0 Å². The molecular formula is C24H32ClN6O3+. The zero-order valence-corrected chi connectivity index (χ0v) is 20.7. The smallest absolute Gasteiger partial charge is 0.257 e. The van der Waals surface area contributed by atoms with Gasteiger partial charge in [0.25, 0.3) is 5.82 Å². The normalized spacial score (nSPS) is 11.2. The number of nitrogens with one attached hydrogen (secondary N) is 1. The summed E-state index contributed by atoms with van der Waals surface area (Å²) in [6, 6.07) is 5.84. The van der Waals surface area contributed by atoms with Crippen LogP contribution in [0.5, 0.6) is 5.75 Å². The highest BCUT2D eigenvalue weighted by atomic mass is 35.5. The van der Waals surface area contributed by atoms with Gasteiger partial charge in [-0.1, -0.05) is 11.6 Å².